The number of ketones is 1. The molecule has 0 aliphatic rings. The van der Waals surface area contributed by atoms with Crippen LogP contribution in [-0.4, -0.2) is 19.4 Å². The van der Waals surface area contributed by atoms with E-state index in [9.17, 15) is 4.79 Å². The van der Waals surface area contributed by atoms with Gasteiger partial charge in [-0.25, -0.2) is 0 Å². The highest BCUT2D eigenvalue weighted by Gasteiger charge is 2.09. The highest BCUT2D eigenvalue weighted by molar-refractivity contribution is 5.99. The van der Waals surface area contributed by atoms with Crippen molar-refractivity contribution in [1.82, 2.24) is 5.32 Å². The van der Waals surface area contributed by atoms with Gasteiger partial charge in [0.15, 0.2) is 5.78 Å². The summed E-state index contributed by atoms with van der Waals surface area (Å²) in [6.45, 7) is 6.48. The molecule has 2 heteroatoms. The van der Waals surface area contributed by atoms with Crippen molar-refractivity contribution >= 4 is 5.78 Å². The van der Waals surface area contributed by atoms with E-state index < -0.39 is 0 Å². The number of nitrogens with one attached hydrogen (secondary N) is 1. The second-order valence-electron chi connectivity index (χ2n) is 3.70. The van der Waals surface area contributed by atoms with Gasteiger partial charge in [0.05, 0.1) is 6.54 Å². The van der Waals surface area contributed by atoms with Crippen molar-refractivity contribution in [2.24, 2.45) is 0 Å². The van der Waals surface area contributed by atoms with Crippen LogP contribution in [0.3, 0.4) is 0 Å². The number of likely N-dealkylation sites (N-methyl/N-ethyl adjacent to an activating group) is 1. The van der Waals surface area contributed by atoms with Crippen molar-refractivity contribution in [1.29, 1.82) is 0 Å². The molecule has 2 nitrogen and oxygen atoms in total. The molecular formula is C12H17NO. The Hall–Kier alpha value is -1.15. The lowest BCUT2D eigenvalue weighted by molar-refractivity contribution is 0.0993. The molecule has 0 aliphatic heterocycles. The first kappa shape index (κ1) is 10.9. The predicted molar refractivity (Wildman–Crippen MR) is 58.9 cm³/mol. The van der Waals surface area contributed by atoms with Gasteiger partial charge in [0.2, 0.25) is 0 Å². The molecule has 1 aromatic rings. The van der Waals surface area contributed by atoms with Gasteiger partial charge in [-0.05, 0) is 50.6 Å². The molecule has 0 atom stereocenters. The minimum absolute atomic E-state index is 0.160. The van der Waals surface area contributed by atoms with E-state index in [4.69, 9.17) is 0 Å². The van der Waals surface area contributed by atoms with E-state index in [2.05, 4.69) is 18.3 Å². The fourth-order valence-corrected chi connectivity index (χ4v) is 1.52. The summed E-state index contributed by atoms with van der Waals surface area (Å²) >= 11 is 0. The molecule has 0 amide bonds. The quantitative estimate of drug-likeness (QED) is 0.740. The average Bonchev–Trinajstić information content (AvgIpc) is 2.11. The zero-order chi connectivity index (χ0) is 10.7. The third kappa shape index (κ3) is 2.20. The van der Waals surface area contributed by atoms with Crippen LogP contribution in [0.5, 0.6) is 0 Å². The van der Waals surface area contributed by atoms with Gasteiger partial charge in [-0.2, -0.15) is 0 Å². The van der Waals surface area contributed by atoms with Crippen molar-refractivity contribution in [2.75, 3.05) is 13.6 Å². The zero-order valence-corrected chi connectivity index (χ0v) is 9.27. The van der Waals surface area contributed by atoms with Gasteiger partial charge < -0.3 is 5.32 Å². The Morgan fingerprint density at radius 1 is 1.14 bits per heavy atom. The number of hydrogen-bond acceptors (Lipinski definition) is 2. The second kappa shape index (κ2) is 4.38. The number of Topliss-reactive ketones (excluding diaryl/α,β-unsaturated/α-hetero) is 1. The molecule has 0 radical (unpaired) electrons. The molecular weight excluding hydrogens is 174 g/mol. The number of rotatable bonds is 3. The Labute approximate surface area is 85.3 Å². The number of carbonyl (C=O) groups is 1. The molecule has 0 saturated carbocycles. The van der Waals surface area contributed by atoms with Crippen LogP contribution in [0.4, 0.5) is 0 Å². The van der Waals surface area contributed by atoms with E-state index >= 15 is 0 Å². The van der Waals surface area contributed by atoms with Gasteiger partial charge in [-0.15, -0.1) is 0 Å². The minimum atomic E-state index is 0.160. The first-order valence-corrected chi connectivity index (χ1v) is 4.82. The topological polar surface area (TPSA) is 29.1 Å². The summed E-state index contributed by atoms with van der Waals surface area (Å²) in [5, 5.41) is 2.88. The summed E-state index contributed by atoms with van der Waals surface area (Å²) in [6, 6.07) is 4.04. The highest BCUT2D eigenvalue weighted by Crippen LogP contribution is 2.15. The molecule has 76 valence electrons. The number of aryl methyl sites for hydroxylation is 3. The van der Waals surface area contributed by atoms with Crippen molar-refractivity contribution in [3.8, 4) is 0 Å². The summed E-state index contributed by atoms with van der Waals surface area (Å²) in [6.07, 6.45) is 0. The fraction of sp³-hybridized carbons (Fsp3) is 0.417. The maximum atomic E-state index is 11.7. The molecule has 0 fully saturated rings. The molecule has 1 aromatic carbocycles. The molecule has 1 rings (SSSR count). The van der Waals surface area contributed by atoms with E-state index in [1.165, 1.54) is 11.1 Å². The maximum absolute atomic E-state index is 11.7. The minimum Gasteiger partial charge on any atom is -0.313 e. The Morgan fingerprint density at radius 2 is 1.71 bits per heavy atom. The van der Waals surface area contributed by atoms with E-state index in [1.54, 1.807) is 7.05 Å². The van der Waals surface area contributed by atoms with Crippen LogP contribution in [0.25, 0.3) is 0 Å². The highest BCUT2D eigenvalue weighted by atomic mass is 16.1. The van der Waals surface area contributed by atoms with E-state index in [-0.39, 0.29) is 5.78 Å². The van der Waals surface area contributed by atoms with Gasteiger partial charge in [-0.3, -0.25) is 4.79 Å². The Bertz CT molecular complexity index is 356. The van der Waals surface area contributed by atoms with Crippen LogP contribution in [0.1, 0.15) is 27.0 Å². The SMILES string of the molecule is CNCC(=O)c1cc(C)c(C)cc1C. The lowest BCUT2D eigenvalue weighted by atomic mass is 9.98. The summed E-state index contributed by atoms with van der Waals surface area (Å²) < 4.78 is 0. The van der Waals surface area contributed by atoms with Crippen molar-refractivity contribution in [3.05, 3.63) is 34.4 Å². The van der Waals surface area contributed by atoms with Crippen molar-refractivity contribution in [2.45, 2.75) is 20.8 Å². The smallest absolute Gasteiger partial charge is 0.176 e. The normalized spacial score (nSPS) is 10.3. The number of hydrogen-bond donors (Lipinski definition) is 1. The van der Waals surface area contributed by atoms with Gasteiger partial charge in [0.25, 0.3) is 0 Å². The molecule has 0 spiro atoms. The van der Waals surface area contributed by atoms with Gasteiger partial charge in [0, 0.05) is 5.56 Å². The monoisotopic (exact) mass is 191 g/mol. The van der Waals surface area contributed by atoms with Crippen molar-refractivity contribution in [3.63, 3.8) is 0 Å². The summed E-state index contributed by atoms with van der Waals surface area (Å²) in [7, 11) is 1.79. The lowest BCUT2D eigenvalue weighted by Gasteiger charge is -2.08. The molecule has 0 aromatic heterocycles. The van der Waals surface area contributed by atoms with Crippen LogP contribution in [0.2, 0.25) is 0 Å². The Morgan fingerprint density at radius 3 is 2.29 bits per heavy atom. The maximum Gasteiger partial charge on any atom is 0.176 e. The van der Waals surface area contributed by atoms with E-state index in [0.29, 0.717) is 6.54 Å². The van der Waals surface area contributed by atoms with Gasteiger partial charge >= 0.3 is 0 Å². The molecule has 0 bridgehead atoms. The largest absolute Gasteiger partial charge is 0.313 e. The zero-order valence-electron chi connectivity index (χ0n) is 9.27. The van der Waals surface area contributed by atoms with Crippen LogP contribution >= 0.6 is 0 Å². The van der Waals surface area contributed by atoms with Crippen LogP contribution in [0.15, 0.2) is 12.1 Å². The molecule has 0 aliphatic carbocycles. The summed E-state index contributed by atoms with van der Waals surface area (Å²) in [4.78, 5) is 11.7. The number of benzene rings is 1. The predicted octanol–water partition coefficient (Wildman–Crippen LogP) is 2.01. The standard InChI is InChI=1S/C12H17NO/c1-8-5-10(3)11(6-9(8)2)12(14)7-13-4/h5-6,13H,7H2,1-4H3. The second-order valence-corrected chi connectivity index (χ2v) is 3.70. The fourth-order valence-electron chi connectivity index (χ4n) is 1.52. The van der Waals surface area contributed by atoms with E-state index in [0.717, 1.165) is 11.1 Å². The first-order chi connectivity index (χ1) is 6.56. The molecule has 14 heavy (non-hydrogen) atoms. The van der Waals surface area contributed by atoms with Crippen LogP contribution in [0, 0.1) is 20.8 Å². The molecule has 0 saturated heterocycles. The lowest BCUT2D eigenvalue weighted by Crippen LogP contribution is -2.19. The van der Waals surface area contributed by atoms with Crippen molar-refractivity contribution < 1.29 is 4.79 Å². The Balaban J connectivity index is 3.09. The van der Waals surface area contributed by atoms with E-state index in [1.807, 2.05) is 19.9 Å². The number of carbonyl (C=O) groups excluding carboxylic acids is 1. The Kier molecular flexibility index (Phi) is 3.42. The van der Waals surface area contributed by atoms with Crippen LogP contribution in [-0.2, 0) is 0 Å². The molecule has 0 heterocycles. The average molecular weight is 191 g/mol. The molecule has 0 unspecified atom stereocenters. The molecule has 1 N–H and O–H groups in total. The van der Waals surface area contributed by atoms with Crippen LogP contribution < -0.4 is 5.32 Å². The third-order valence-corrected chi connectivity index (χ3v) is 2.48. The van der Waals surface area contributed by atoms with Gasteiger partial charge in [-0.1, -0.05) is 6.07 Å². The van der Waals surface area contributed by atoms with Gasteiger partial charge in [0.1, 0.15) is 0 Å². The first-order valence-electron chi connectivity index (χ1n) is 4.82. The third-order valence-electron chi connectivity index (χ3n) is 2.48. The summed E-state index contributed by atoms with van der Waals surface area (Å²) in [5.41, 5.74) is 4.31. The summed E-state index contributed by atoms with van der Waals surface area (Å²) in [5.74, 6) is 0.160.